The van der Waals surface area contributed by atoms with Gasteiger partial charge < -0.3 is 0 Å². The molecule has 48 heavy (non-hydrogen) atoms. The van der Waals surface area contributed by atoms with Gasteiger partial charge in [-0.25, -0.2) is 0 Å². The summed E-state index contributed by atoms with van der Waals surface area (Å²) in [6.45, 7) is 13.8. The van der Waals surface area contributed by atoms with Crippen LogP contribution in [-0.2, 0) is 46.5 Å². The van der Waals surface area contributed by atoms with Crippen molar-refractivity contribution >= 4 is 38.7 Å². The molecule has 244 valence electrons. The summed E-state index contributed by atoms with van der Waals surface area (Å²) in [6.07, 6.45) is 12.7. The topological polar surface area (TPSA) is 0 Å². The fraction of sp³-hybridized carbons (Fsp3) is 0.364. The van der Waals surface area contributed by atoms with Crippen molar-refractivity contribution < 1.29 is 20.8 Å². The van der Waals surface area contributed by atoms with Crippen molar-refractivity contribution in [3.63, 3.8) is 0 Å². The van der Waals surface area contributed by atoms with Crippen molar-refractivity contribution in [2.75, 3.05) is 0 Å². The summed E-state index contributed by atoms with van der Waals surface area (Å²) in [6, 6.07) is 22.1. The molecule has 0 heterocycles. The van der Waals surface area contributed by atoms with Crippen LogP contribution >= 0.6 is 17.0 Å². The molecule has 0 amide bonds. The number of hydrogen-bond donors (Lipinski definition) is 0. The van der Waals surface area contributed by atoms with Crippen LogP contribution in [0.4, 0.5) is 0 Å². The van der Waals surface area contributed by atoms with Crippen molar-refractivity contribution in [2.24, 2.45) is 0 Å². The second-order valence-corrected chi connectivity index (χ2v) is 19.9. The number of allylic oxidation sites excluding steroid dienone is 2. The maximum absolute atomic E-state index is 4.93. The normalized spacial score (nSPS) is 18.4. The molecule has 2 atom stereocenters. The molecular formula is C44H46Cl2SiZr. The number of hydrogen-bond acceptors (Lipinski definition) is 0. The van der Waals surface area contributed by atoms with E-state index in [4.69, 9.17) is 17.0 Å². The second kappa shape index (κ2) is 14.3. The van der Waals surface area contributed by atoms with Crippen molar-refractivity contribution in [3.8, 4) is 22.3 Å². The van der Waals surface area contributed by atoms with E-state index in [-0.39, 0.29) is 0 Å². The zero-order chi connectivity index (χ0) is 33.7. The Kier molecular flexibility index (Phi) is 10.3. The van der Waals surface area contributed by atoms with Crippen LogP contribution in [0.5, 0.6) is 0 Å². The molecular weight excluding hydrogens is 719 g/mol. The Morgan fingerprint density at radius 3 is 1.31 bits per heavy atom. The molecule has 0 spiro atoms. The van der Waals surface area contributed by atoms with Gasteiger partial charge in [-0.1, -0.05) is 106 Å². The minimum atomic E-state index is -0.826. The van der Waals surface area contributed by atoms with Gasteiger partial charge in [0.15, 0.2) is 0 Å². The summed E-state index contributed by atoms with van der Waals surface area (Å²) in [7, 11) is 10.8. The molecule has 8 rings (SSSR count). The van der Waals surface area contributed by atoms with Crippen molar-refractivity contribution in [2.45, 2.75) is 104 Å². The first-order chi connectivity index (χ1) is 23.2. The van der Waals surface area contributed by atoms with E-state index in [0.717, 1.165) is 9.52 Å². The summed E-state index contributed by atoms with van der Waals surface area (Å²) in [5.41, 5.74) is 27.4. The van der Waals surface area contributed by atoms with E-state index in [2.05, 4.69) is 102 Å². The predicted octanol–water partition coefficient (Wildman–Crippen LogP) is 12.9. The van der Waals surface area contributed by atoms with Crippen molar-refractivity contribution in [1.29, 1.82) is 0 Å². The van der Waals surface area contributed by atoms with Crippen LogP contribution in [0, 0.1) is 27.7 Å². The summed E-state index contributed by atoms with van der Waals surface area (Å²) in [5, 5.41) is 0. The molecule has 4 aromatic carbocycles. The first-order valence-electron chi connectivity index (χ1n) is 17.7. The molecule has 2 unspecified atom stereocenters. The number of rotatable bonds is 6. The Hall–Kier alpha value is -1.96. The first-order valence-corrected chi connectivity index (χ1v) is 25.5. The Labute approximate surface area is 309 Å². The Morgan fingerprint density at radius 2 is 0.938 bits per heavy atom. The summed E-state index contributed by atoms with van der Waals surface area (Å²) < 4.78 is 0. The van der Waals surface area contributed by atoms with Gasteiger partial charge in [0.25, 0.3) is 0 Å². The SMILES string of the molecule is CC1=Cc2c(cc3c(c2-c2cc(C)cc(C)c2)CCC3)C1C[Si]CC1C(C)=Cc2c1cc1c(c2-c2cc(C)cc(C)c2)CCC1.[Cl][Zr][Cl]. The van der Waals surface area contributed by atoms with E-state index < -0.39 is 20.8 Å². The van der Waals surface area contributed by atoms with Gasteiger partial charge in [0, 0.05) is 21.4 Å². The summed E-state index contributed by atoms with van der Waals surface area (Å²) >= 11 is -0.826. The molecule has 2 radical (unpaired) electrons. The average molecular weight is 765 g/mol. The molecule has 4 aliphatic rings. The van der Waals surface area contributed by atoms with Crippen LogP contribution in [0.1, 0.15) is 105 Å². The standard InChI is InChI=1S/C44H46Si.2ClH.Zr/c1-25-13-26(2)16-33(15-25)43-35-11-7-9-31(35)21-37-39(43)19-29(5)41(37)23-45-24-42-30(6)20-40-38(42)22-32-10-8-12-36(32)44(40)34-17-27(3)14-28(4)18-34;;;/h13-22,41-42H,7-12,23-24H2,1-6H3;2*1H;/q;;;+2/p-2. The Morgan fingerprint density at radius 1 is 0.562 bits per heavy atom. The van der Waals surface area contributed by atoms with Gasteiger partial charge >= 0.3 is 37.9 Å². The van der Waals surface area contributed by atoms with Crippen LogP contribution in [0.2, 0.25) is 12.1 Å². The fourth-order valence-corrected chi connectivity index (χ4v) is 11.2. The Balaban J connectivity index is 0.00000117. The second-order valence-electron chi connectivity index (χ2n) is 14.9. The molecule has 0 saturated carbocycles. The van der Waals surface area contributed by atoms with Crippen molar-refractivity contribution in [1.82, 2.24) is 0 Å². The summed E-state index contributed by atoms with van der Waals surface area (Å²) in [4.78, 5) is 0. The Bertz CT molecular complexity index is 1800. The molecule has 0 saturated heterocycles. The van der Waals surface area contributed by atoms with E-state index in [1.54, 1.807) is 55.7 Å². The monoisotopic (exact) mass is 762 g/mol. The van der Waals surface area contributed by atoms with E-state index in [9.17, 15) is 0 Å². The quantitative estimate of drug-likeness (QED) is 0.172. The molecule has 0 N–H and O–H groups in total. The average Bonchev–Trinajstić information content (AvgIpc) is 3.80. The zero-order valence-corrected chi connectivity index (χ0v) is 34.3. The van der Waals surface area contributed by atoms with Gasteiger partial charge in [-0.3, -0.25) is 0 Å². The third-order valence-electron chi connectivity index (χ3n) is 11.3. The number of halogens is 2. The molecule has 4 aliphatic carbocycles. The van der Waals surface area contributed by atoms with Crippen LogP contribution in [-0.4, -0.2) is 9.52 Å². The van der Waals surface area contributed by atoms with E-state index in [1.807, 2.05) is 0 Å². The molecule has 4 heteroatoms. The summed E-state index contributed by atoms with van der Waals surface area (Å²) in [5.74, 6) is 1.12. The number of fused-ring (bicyclic) bond motifs is 4. The van der Waals surface area contributed by atoms with Gasteiger partial charge in [0.05, 0.1) is 0 Å². The van der Waals surface area contributed by atoms with Gasteiger partial charge in [0.2, 0.25) is 0 Å². The molecule has 0 nitrogen and oxygen atoms in total. The van der Waals surface area contributed by atoms with E-state index >= 15 is 0 Å². The van der Waals surface area contributed by atoms with Gasteiger partial charge in [-0.2, -0.15) is 0 Å². The third-order valence-corrected chi connectivity index (χ3v) is 12.7. The molecule has 0 aliphatic heterocycles. The van der Waals surface area contributed by atoms with Crippen molar-refractivity contribution in [3.05, 3.63) is 126 Å². The van der Waals surface area contributed by atoms with Crippen LogP contribution < -0.4 is 0 Å². The molecule has 0 aromatic heterocycles. The molecule has 0 fully saturated rings. The van der Waals surface area contributed by atoms with Crippen LogP contribution in [0.25, 0.3) is 34.4 Å². The number of benzene rings is 4. The zero-order valence-electron chi connectivity index (χ0n) is 29.3. The first kappa shape index (κ1) is 34.5. The fourth-order valence-electron chi connectivity index (χ4n) is 9.41. The van der Waals surface area contributed by atoms with E-state index in [1.165, 1.54) is 95.1 Å². The minimum absolute atomic E-state index is 0.560. The van der Waals surface area contributed by atoms with E-state index in [0.29, 0.717) is 11.8 Å². The number of aryl methyl sites for hydroxylation is 6. The third kappa shape index (κ3) is 6.50. The van der Waals surface area contributed by atoms with Crippen LogP contribution in [0.3, 0.4) is 0 Å². The van der Waals surface area contributed by atoms with Crippen LogP contribution in [0.15, 0.2) is 59.7 Å². The molecule has 4 aromatic rings. The molecule has 0 bridgehead atoms. The maximum atomic E-state index is 4.93. The van der Waals surface area contributed by atoms with Gasteiger partial charge in [0.1, 0.15) is 0 Å². The predicted molar refractivity (Wildman–Crippen MR) is 207 cm³/mol. The van der Waals surface area contributed by atoms with Gasteiger partial charge in [-0.05, 0) is 147 Å². The van der Waals surface area contributed by atoms with Gasteiger partial charge in [-0.15, -0.1) is 0 Å².